The van der Waals surface area contributed by atoms with Crippen LogP contribution in [-0.2, 0) is 18.6 Å². The van der Waals surface area contributed by atoms with Crippen molar-refractivity contribution in [3.63, 3.8) is 0 Å². The van der Waals surface area contributed by atoms with Gasteiger partial charge in [0.25, 0.3) is 0 Å². The fraction of sp³-hybridized carbons (Fsp3) is 0.276. The normalized spacial score (nSPS) is 14.2. The number of rotatable bonds is 10. The second kappa shape index (κ2) is 10.6. The average Bonchev–Trinajstić information content (AvgIpc) is 3.58. The van der Waals surface area contributed by atoms with Gasteiger partial charge in [0, 0.05) is 24.0 Å². The summed E-state index contributed by atoms with van der Waals surface area (Å²) in [4.78, 5) is 6.75. The first-order valence-electron chi connectivity index (χ1n) is 12.2. The van der Waals surface area contributed by atoms with Crippen LogP contribution in [0.4, 0.5) is 0 Å². The predicted molar refractivity (Wildman–Crippen MR) is 140 cm³/mol. The van der Waals surface area contributed by atoms with Gasteiger partial charge in [-0.1, -0.05) is 67.4 Å². The highest BCUT2D eigenvalue weighted by Crippen LogP contribution is 2.45. The summed E-state index contributed by atoms with van der Waals surface area (Å²) in [6.45, 7) is 3.89. The maximum atomic E-state index is 10.2. The van der Waals surface area contributed by atoms with Crippen LogP contribution >= 0.6 is 11.6 Å². The van der Waals surface area contributed by atoms with Gasteiger partial charge in [-0.15, -0.1) is 0 Å². The Labute approximate surface area is 216 Å². The Hall–Kier alpha value is -3.48. The molecule has 1 aliphatic heterocycles. The van der Waals surface area contributed by atoms with Crippen LogP contribution in [0.15, 0.2) is 85.5 Å². The van der Waals surface area contributed by atoms with E-state index in [0.717, 1.165) is 47.6 Å². The summed E-state index contributed by atoms with van der Waals surface area (Å²) in [6, 6.07) is 21.9. The van der Waals surface area contributed by atoms with Crippen molar-refractivity contribution in [3.8, 4) is 17.2 Å². The SMILES string of the molecule is CCCCN(Cn1ccnc1)C(Cc1ccc2c(c1)OCO2)(c1ccccc1)c1ccc(O)cc1Cl. The Kier molecular flexibility index (Phi) is 7.16. The maximum Gasteiger partial charge on any atom is 0.231 e. The summed E-state index contributed by atoms with van der Waals surface area (Å²) < 4.78 is 13.4. The zero-order chi connectivity index (χ0) is 25.0. The van der Waals surface area contributed by atoms with Gasteiger partial charge in [0.15, 0.2) is 11.5 Å². The molecule has 6 nitrogen and oxygen atoms in total. The van der Waals surface area contributed by atoms with E-state index in [1.807, 2.05) is 30.7 Å². The monoisotopic (exact) mass is 503 g/mol. The molecule has 4 aromatic rings. The third-order valence-electron chi connectivity index (χ3n) is 6.76. The number of nitrogens with zero attached hydrogens (tertiary/aromatic N) is 3. The van der Waals surface area contributed by atoms with Crippen molar-refractivity contribution in [2.45, 2.75) is 38.4 Å². The van der Waals surface area contributed by atoms with Gasteiger partial charge in [0.2, 0.25) is 6.79 Å². The molecule has 0 fully saturated rings. The van der Waals surface area contributed by atoms with Gasteiger partial charge in [-0.2, -0.15) is 0 Å². The second-order valence-electron chi connectivity index (χ2n) is 9.09. The average molecular weight is 504 g/mol. The number of halogens is 1. The van der Waals surface area contributed by atoms with Crippen molar-refractivity contribution >= 4 is 11.6 Å². The lowest BCUT2D eigenvalue weighted by Gasteiger charge is -2.46. The van der Waals surface area contributed by atoms with Gasteiger partial charge in [-0.3, -0.25) is 4.90 Å². The molecule has 0 aliphatic carbocycles. The minimum absolute atomic E-state index is 0.142. The van der Waals surface area contributed by atoms with Crippen molar-refractivity contribution in [1.82, 2.24) is 14.5 Å². The molecule has 1 N–H and O–H groups in total. The lowest BCUT2D eigenvalue weighted by molar-refractivity contribution is 0.0814. The third-order valence-corrected chi connectivity index (χ3v) is 7.07. The molecule has 5 rings (SSSR count). The minimum Gasteiger partial charge on any atom is -0.508 e. The third kappa shape index (κ3) is 4.79. The van der Waals surface area contributed by atoms with Crippen molar-refractivity contribution < 1.29 is 14.6 Å². The Morgan fingerprint density at radius 2 is 1.89 bits per heavy atom. The van der Waals surface area contributed by atoms with Gasteiger partial charge in [0.1, 0.15) is 5.75 Å². The molecule has 0 saturated carbocycles. The number of unbranched alkanes of at least 4 members (excludes halogenated alkanes) is 1. The van der Waals surface area contributed by atoms with Crippen LogP contribution in [0.2, 0.25) is 5.02 Å². The lowest BCUT2D eigenvalue weighted by atomic mass is 9.76. The van der Waals surface area contributed by atoms with Crippen LogP contribution in [0, 0.1) is 0 Å². The molecule has 0 bridgehead atoms. The van der Waals surface area contributed by atoms with Gasteiger partial charge >= 0.3 is 0 Å². The zero-order valence-electron chi connectivity index (χ0n) is 20.3. The summed E-state index contributed by atoms with van der Waals surface area (Å²) in [6.07, 6.45) is 8.32. The van der Waals surface area contributed by atoms with Crippen LogP contribution < -0.4 is 9.47 Å². The number of fused-ring (bicyclic) bond motifs is 1. The molecule has 7 heteroatoms. The largest absolute Gasteiger partial charge is 0.508 e. The van der Waals surface area contributed by atoms with Crippen LogP contribution in [0.25, 0.3) is 0 Å². The molecule has 2 heterocycles. The highest BCUT2D eigenvalue weighted by molar-refractivity contribution is 6.31. The number of aromatic hydroxyl groups is 1. The Morgan fingerprint density at radius 3 is 2.64 bits per heavy atom. The van der Waals surface area contributed by atoms with E-state index in [4.69, 9.17) is 21.1 Å². The van der Waals surface area contributed by atoms with E-state index in [9.17, 15) is 5.11 Å². The molecule has 1 unspecified atom stereocenters. The highest BCUT2D eigenvalue weighted by Gasteiger charge is 2.42. The standard InChI is InChI=1S/C29H30ClN3O3/c1-2-3-14-33(20-32-15-13-31-19-32)29(23-7-5-4-6-8-23,25-11-10-24(34)17-26(25)30)18-22-9-12-27-28(16-22)36-21-35-27/h4-13,15-17,19,34H,2-3,14,18,20-21H2,1H3. The fourth-order valence-corrected chi connectivity index (χ4v) is 5.35. The topological polar surface area (TPSA) is 59.8 Å². The number of hydrogen-bond acceptors (Lipinski definition) is 5. The number of benzene rings is 3. The number of phenolic OH excluding ortho intramolecular Hbond substituents is 1. The summed E-state index contributed by atoms with van der Waals surface area (Å²) in [5, 5.41) is 10.7. The van der Waals surface area contributed by atoms with E-state index < -0.39 is 5.54 Å². The van der Waals surface area contributed by atoms with Gasteiger partial charge in [0.05, 0.1) is 18.5 Å². The van der Waals surface area contributed by atoms with E-state index >= 15 is 0 Å². The molecule has 36 heavy (non-hydrogen) atoms. The van der Waals surface area contributed by atoms with E-state index in [-0.39, 0.29) is 12.5 Å². The molecule has 0 amide bonds. The van der Waals surface area contributed by atoms with Crippen LogP contribution in [0.5, 0.6) is 17.2 Å². The lowest BCUT2D eigenvalue weighted by Crippen LogP contribution is -2.50. The molecule has 186 valence electrons. The molecular weight excluding hydrogens is 474 g/mol. The number of hydrogen-bond donors (Lipinski definition) is 1. The Balaban J connectivity index is 1.73. The molecule has 1 atom stereocenters. The minimum atomic E-state index is -0.640. The fourth-order valence-electron chi connectivity index (χ4n) is 5.02. The number of imidazole rings is 1. The summed E-state index contributed by atoms with van der Waals surface area (Å²) >= 11 is 6.93. The first-order valence-corrected chi connectivity index (χ1v) is 12.6. The van der Waals surface area contributed by atoms with Gasteiger partial charge in [-0.25, -0.2) is 4.98 Å². The van der Waals surface area contributed by atoms with Crippen molar-refractivity contribution in [3.05, 3.63) is 107 Å². The molecular formula is C29H30ClN3O3. The van der Waals surface area contributed by atoms with E-state index in [0.29, 0.717) is 18.1 Å². The van der Waals surface area contributed by atoms with Crippen LogP contribution in [0.3, 0.4) is 0 Å². The number of ether oxygens (including phenoxy) is 2. The molecule has 1 aliphatic rings. The number of phenols is 1. The smallest absolute Gasteiger partial charge is 0.231 e. The first-order chi connectivity index (χ1) is 17.6. The summed E-state index contributed by atoms with van der Waals surface area (Å²) in [5.74, 6) is 1.65. The Morgan fingerprint density at radius 1 is 1.06 bits per heavy atom. The van der Waals surface area contributed by atoms with Crippen molar-refractivity contribution in [1.29, 1.82) is 0 Å². The molecule has 0 radical (unpaired) electrons. The molecule has 3 aromatic carbocycles. The zero-order valence-corrected chi connectivity index (χ0v) is 21.1. The van der Waals surface area contributed by atoms with Crippen molar-refractivity contribution in [2.24, 2.45) is 0 Å². The maximum absolute atomic E-state index is 10.2. The van der Waals surface area contributed by atoms with Gasteiger partial charge < -0.3 is 19.1 Å². The van der Waals surface area contributed by atoms with Crippen molar-refractivity contribution in [2.75, 3.05) is 13.3 Å². The highest BCUT2D eigenvalue weighted by atomic mass is 35.5. The van der Waals surface area contributed by atoms with Crippen LogP contribution in [-0.4, -0.2) is 32.9 Å². The molecule has 0 spiro atoms. The number of aromatic nitrogens is 2. The predicted octanol–water partition coefficient (Wildman–Crippen LogP) is 6.22. The van der Waals surface area contributed by atoms with Crippen LogP contribution in [0.1, 0.15) is 36.5 Å². The second-order valence-corrected chi connectivity index (χ2v) is 9.50. The molecule has 0 saturated heterocycles. The van der Waals surface area contributed by atoms with E-state index in [1.54, 1.807) is 18.3 Å². The quantitative estimate of drug-likeness (QED) is 0.278. The van der Waals surface area contributed by atoms with E-state index in [2.05, 4.69) is 57.8 Å². The Bertz CT molecular complexity index is 1300. The molecule has 1 aromatic heterocycles. The summed E-state index contributed by atoms with van der Waals surface area (Å²) in [7, 11) is 0. The van der Waals surface area contributed by atoms with E-state index in [1.165, 1.54) is 0 Å². The first kappa shape index (κ1) is 24.2. The summed E-state index contributed by atoms with van der Waals surface area (Å²) in [5.41, 5.74) is 2.51. The van der Waals surface area contributed by atoms with Gasteiger partial charge in [-0.05, 0) is 53.8 Å².